The Balaban J connectivity index is 2.09. The summed E-state index contributed by atoms with van der Waals surface area (Å²) in [7, 11) is 0. The van der Waals surface area contributed by atoms with Crippen molar-refractivity contribution >= 4 is 27.3 Å². The van der Waals surface area contributed by atoms with Crippen LogP contribution in [0.25, 0.3) is 21.5 Å². The number of rotatable bonds is 3. The Morgan fingerprint density at radius 2 is 1.30 bits per heavy atom. The second-order valence-electron chi connectivity index (χ2n) is 9.92. The normalized spacial score (nSPS) is 17.8. The van der Waals surface area contributed by atoms with Gasteiger partial charge in [0.2, 0.25) is 0 Å². The van der Waals surface area contributed by atoms with E-state index in [4.69, 9.17) is 0 Å². The van der Waals surface area contributed by atoms with Gasteiger partial charge in [-0.15, -0.1) is 6.58 Å². The summed E-state index contributed by atoms with van der Waals surface area (Å²) in [6, 6.07) is 19.4. The minimum Gasteiger partial charge on any atom is -0.289 e. The van der Waals surface area contributed by atoms with Crippen LogP contribution in [0.2, 0.25) is 0 Å². The van der Waals surface area contributed by atoms with E-state index in [0.717, 1.165) is 11.1 Å². The highest BCUT2D eigenvalue weighted by Gasteiger charge is 2.36. The first kappa shape index (κ1) is 20.3. The zero-order valence-corrected chi connectivity index (χ0v) is 18.6. The van der Waals surface area contributed by atoms with Crippen molar-refractivity contribution in [1.82, 2.24) is 0 Å². The molecular weight excluding hydrogens is 364 g/mol. The molecule has 4 rings (SSSR count). The van der Waals surface area contributed by atoms with Crippen LogP contribution in [0.15, 0.2) is 90.6 Å². The van der Waals surface area contributed by atoms with Crippen molar-refractivity contribution in [2.45, 2.75) is 40.5 Å². The lowest BCUT2D eigenvalue weighted by molar-refractivity contribution is -0.114. The Labute approximate surface area is 179 Å². The monoisotopic (exact) mass is 394 g/mol. The Kier molecular flexibility index (Phi) is 4.81. The van der Waals surface area contributed by atoms with Crippen molar-refractivity contribution in [3.63, 3.8) is 0 Å². The molecule has 1 unspecified atom stereocenters. The summed E-state index contributed by atoms with van der Waals surface area (Å²) in [6.45, 7) is 14.5. The van der Waals surface area contributed by atoms with Gasteiger partial charge in [0.1, 0.15) is 0 Å². The van der Waals surface area contributed by atoms with E-state index in [1.54, 1.807) is 0 Å². The summed E-state index contributed by atoms with van der Waals surface area (Å²) in [5.41, 5.74) is 2.38. The number of carbonyl (C=O) groups excluding carboxylic acids is 1. The second kappa shape index (κ2) is 7.09. The van der Waals surface area contributed by atoms with E-state index in [1.807, 2.05) is 6.08 Å². The quantitative estimate of drug-likeness (QED) is 0.327. The fourth-order valence-corrected chi connectivity index (χ4v) is 4.49. The molecule has 1 heteroatoms. The molecule has 0 spiro atoms. The maximum absolute atomic E-state index is 13.5. The van der Waals surface area contributed by atoms with Crippen LogP contribution in [-0.4, -0.2) is 5.78 Å². The van der Waals surface area contributed by atoms with Crippen LogP contribution in [0.4, 0.5) is 0 Å². The molecular formula is C29H30O. The molecule has 0 saturated heterocycles. The zero-order valence-electron chi connectivity index (χ0n) is 18.6. The highest BCUT2D eigenvalue weighted by Crippen LogP contribution is 2.45. The van der Waals surface area contributed by atoms with Gasteiger partial charge in [-0.2, -0.15) is 0 Å². The van der Waals surface area contributed by atoms with E-state index in [-0.39, 0.29) is 22.5 Å². The summed E-state index contributed by atoms with van der Waals surface area (Å²) in [5, 5.41) is 4.94. The van der Waals surface area contributed by atoms with Crippen molar-refractivity contribution in [2.24, 2.45) is 10.8 Å². The average molecular weight is 395 g/mol. The van der Waals surface area contributed by atoms with Gasteiger partial charge in [0, 0.05) is 22.5 Å². The van der Waals surface area contributed by atoms with E-state index < -0.39 is 0 Å². The van der Waals surface area contributed by atoms with Crippen molar-refractivity contribution < 1.29 is 4.79 Å². The van der Waals surface area contributed by atoms with Gasteiger partial charge >= 0.3 is 0 Å². The summed E-state index contributed by atoms with van der Waals surface area (Å²) in [6.07, 6.45) is 6.26. The van der Waals surface area contributed by atoms with E-state index >= 15 is 0 Å². The van der Waals surface area contributed by atoms with Gasteiger partial charge in [0.05, 0.1) is 0 Å². The lowest BCUT2D eigenvalue weighted by atomic mass is 9.69. The first-order valence-electron chi connectivity index (χ1n) is 10.7. The fourth-order valence-electron chi connectivity index (χ4n) is 4.49. The number of hydrogen-bond acceptors (Lipinski definition) is 1. The molecule has 0 radical (unpaired) electrons. The lowest BCUT2D eigenvalue weighted by Crippen LogP contribution is -2.29. The van der Waals surface area contributed by atoms with Crippen LogP contribution in [-0.2, 0) is 4.79 Å². The molecule has 0 heterocycles. The molecule has 3 aromatic rings. The number of hydrogen-bond donors (Lipinski definition) is 0. The molecule has 3 aromatic carbocycles. The van der Waals surface area contributed by atoms with E-state index in [1.165, 1.54) is 27.1 Å². The van der Waals surface area contributed by atoms with Crippen molar-refractivity contribution in [2.75, 3.05) is 0 Å². The summed E-state index contributed by atoms with van der Waals surface area (Å²) < 4.78 is 0. The topological polar surface area (TPSA) is 17.1 Å². The highest BCUT2D eigenvalue weighted by atomic mass is 16.1. The minimum absolute atomic E-state index is 0.0298. The van der Waals surface area contributed by atoms with E-state index in [0.29, 0.717) is 0 Å². The predicted molar refractivity (Wildman–Crippen MR) is 129 cm³/mol. The number of carbonyl (C=O) groups is 1. The molecule has 0 aliphatic heterocycles. The maximum Gasteiger partial charge on any atom is 0.185 e. The van der Waals surface area contributed by atoms with Crippen molar-refractivity contribution in [3.8, 4) is 0 Å². The zero-order chi connectivity index (χ0) is 21.7. The fraction of sp³-hybridized carbons (Fsp3) is 0.276. The molecule has 0 aromatic heterocycles. The lowest BCUT2D eigenvalue weighted by Gasteiger charge is -2.34. The average Bonchev–Trinajstić information content (AvgIpc) is 2.71. The molecule has 1 aliphatic rings. The first-order valence-corrected chi connectivity index (χ1v) is 10.7. The molecule has 0 fully saturated rings. The number of ketones is 1. The third kappa shape index (κ3) is 3.33. The number of benzene rings is 3. The molecule has 30 heavy (non-hydrogen) atoms. The number of allylic oxidation sites excluding steroid dienone is 5. The van der Waals surface area contributed by atoms with Crippen LogP contribution < -0.4 is 0 Å². The third-order valence-electron chi connectivity index (χ3n) is 6.34. The van der Waals surface area contributed by atoms with Gasteiger partial charge in [-0.25, -0.2) is 0 Å². The van der Waals surface area contributed by atoms with E-state index in [2.05, 4.69) is 108 Å². The van der Waals surface area contributed by atoms with Crippen LogP contribution in [0.1, 0.15) is 46.1 Å². The standard InChI is InChI=1S/C29H30O/c1-7-29(5,6)25-18-21(17-24(27(25)30)28(2,3)4)26-22-14-10-8-12-19(22)16-20-13-9-11-15-23(20)26/h7-18,21H,1H2,2-6H3. The van der Waals surface area contributed by atoms with Gasteiger partial charge in [-0.05, 0) is 38.6 Å². The highest BCUT2D eigenvalue weighted by molar-refractivity contribution is 6.12. The molecule has 152 valence electrons. The Hall–Kier alpha value is -2.93. The van der Waals surface area contributed by atoms with Crippen LogP contribution >= 0.6 is 0 Å². The molecule has 0 bridgehead atoms. The second-order valence-corrected chi connectivity index (χ2v) is 9.92. The molecule has 0 amide bonds. The van der Waals surface area contributed by atoms with Gasteiger partial charge in [0.15, 0.2) is 5.78 Å². The molecule has 1 atom stereocenters. The summed E-state index contributed by atoms with van der Waals surface area (Å²) in [4.78, 5) is 13.5. The predicted octanol–water partition coefficient (Wildman–Crippen LogP) is 7.77. The Morgan fingerprint density at radius 1 is 0.800 bits per heavy atom. The SMILES string of the molecule is C=CC(C)(C)C1=CC(c2c3ccccc3cc3ccccc23)C=C(C(C)(C)C)C1=O. The number of Topliss-reactive ketones (excluding diaryl/α,β-unsaturated/α-hetero) is 1. The van der Waals surface area contributed by atoms with Crippen LogP contribution in [0.5, 0.6) is 0 Å². The van der Waals surface area contributed by atoms with Crippen LogP contribution in [0, 0.1) is 10.8 Å². The molecule has 1 aliphatic carbocycles. The molecule has 0 saturated carbocycles. The largest absolute Gasteiger partial charge is 0.289 e. The number of fused-ring (bicyclic) bond motifs is 2. The molecule has 1 nitrogen and oxygen atoms in total. The Morgan fingerprint density at radius 3 is 1.80 bits per heavy atom. The van der Waals surface area contributed by atoms with Crippen molar-refractivity contribution in [1.29, 1.82) is 0 Å². The van der Waals surface area contributed by atoms with Gasteiger partial charge in [-0.3, -0.25) is 4.79 Å². The van der Waals surface area contributed by atoms with Gasteiger partial charge in [-0.1, -0.05) is 101 Å². The van der Waals surface area contributed by atoms with Crippen molar-refractivity contribution in [3.05, 3.63) is 96.1 Å². The minimum atomic E-state index is -0.388. The van der Waals surface area contributed by atoms with Gasteiger partial charge in [0.25, 0.3) is 0 Å². The van der Waals surface area contributed by atoms with E-state index in [9.17, 15) is 4.79 Å². The maximum atomic E-state index is 13.5. The smallest absolute Gasteiger partial charge is 0.185 e. The van der Waals surface area contributed by atoms with Crippen LogP contribution in [0.3, 0.4) is 0 Å². The Bertz CT molecular complexity index is 1170. The summed E-state index contributed by atoms with van der Waals surface area (Å²) >= 11 is 0. The molecule has 0 N–H and O–H groups in total. The summed E-state index contributed by atoms with van der Waals surface area (Å²) in [5.74, 6) is 0.176. The van der Waals surface area contributed by atoms with Gasteiger partial charge < -0.3 is 0 Å². The first-order chi connectivity index (χ1) is 14.1. The third-order valence-corrected chi connectivity index (χ3v) is 6.34.